The average molecular weight is 356 g/mol. The number of para-hydroxylation sites is 1. The average Bonchev–Trinajstić information content (AvgIpc) is 3.13. The van der Waals surface area contributed by atoms with E-state index in [1.807, 2.05) is 24.3 Å². The van der Waals surface area contributed by atoms with Crippen molar-refractivity contribution in [3.05, 3.63) is 48.0 Å². The third kappa shape index (κ3) is 2.12. The van der Waals surface area contributed by atoms with E-state index >= 15 is 0 Å². The molecule has 2 aromatic rings. The van der Waals surface area contributed by atoms with Crippen LogP contribution in [0.25, 0.3) is 0 Å². The highest BCUT2D eigenvalue weighted by Gasteiger charge is 2.59. The fourth-order valence-corrected chi connectivity index (χ4v) is 4.57. The van der Waals surface area contributed by atoms with Crippen LogP contribution >= 0.6 is 11.8 Å². The lowest BCUT2D eigenvalue weighted by molar-refractivity contribution is -0.127. The van der Waals surface area contributed by atoms with E-state index < -0.39 is 4.75 Å². The van der Waals surface area contributed by atoms with Crippen molar-refractivity contribution in [2.45, 2.75) is 4.75 Å². The molecule has 0 saturated carbocycles. The molecule has 0 aromatic heterocycles. The number of carbonyl (C=O) groups excluding carboxylic acids is 2. The van der Waals surface area contributed by atoms with Crippen molar-refractivity contribution in [1.29, 1.82) is 0 Å². The Morgan fingerprint density at radius 2 is 1.92 bits per heavy atom. The molecule has 0 radical (unpaired) electrons. The lowest BCUT2D eigenvalue weighted by Crippen LogP contribution is -2.42. The van der Waals surface area contributed by atoms with Crippen molar-refractivity contribution < 1.29 is 19.1 Å². The second-order valence-electron chi connectivity index (χ2n) is 5.73. The smallest absolute Gasteiger partial charge is 0.258 e. The number of methoxy groups -OCH3 is 2. The minimum absolute atomic E-state index is 0.261. The molecule has 1 spiro atoms. The number of amides is 2. The number of fused-ring (bicyclic) bond motifs is 2. The monoisotopic (exact) mass is 356 g/mol. The van der Waals surface area contributed by atoms with E-state index in [2.05, 4.69) is 5.32 Å². The largest absolute Gasteiger partial charge is 0.497 e. The van der Waals surface area contributed by atoms with Crippen LogP contribution in [0.4, 0.5) is 11.4 Å². The number of hydrogen-bond donors (Lipinski definition) is 1. The highest BCUT2D eigenvalue weighted by molar-refractivity contribution is 8.02. The molecule has 0 bridgehead atoms. The van der Waals surface area contributed by atoms with Crippen LogP contribution in [0.3, 0.4) is 0 Å². The van der Waals surface area contributed by atoms with Gasteiger partial charge in [0.05, 0.1) is 25.8 Å². The van der Waals surface area contributed by atoms with Gasteiger partial charge in [0, 0.05) is 17.3 Å². The molecule has 2 aliphatic heterocycles. The number of rotatable bonds is 3. The molecule has 4 rings (SSSR count). The molecule has 2 amide bonds. The van der Waals surface area contributed by atoms with Crippen LogP contribution in [0.1, 0.15) is 5.56 Å². The normalized spacial score (nSPS) is 21.4. The van der Waals surface area contributed by atoms with Gasteiger partial charge in [0.2, 0.25) is 4.75 Å². The third-order valence-electron chi connectivity index (χ3n) is 4.51. The highest BCUT2D eigenvalue weighted by atomic mass is 32.2. The Morgan fingerprint density at radius 3 is 2.68 bits per heavy atom. The maximum Gasteiger partial charge on any atom is 0.258 e. The Morgan fingerprint density at radius 1 is 1.12 bits per heavy atom. The van der Waals surface area contributed by atoms with Gasteiger partial charge in [-0.15, -0.1) is 11.8 Å². The highest BCUT2D eigenvalue weighted by Crippen LogP contribution is 2.53. The lowest BCUT2D eigenvalue weighted by atomic mass is 9.98. The quantitative estimate of drug-likeness (QED) is 0.856. The minimum atomic E-state index is -1.23. The first-order chi connectivity index (χ1) is 12.1. The van der Waals surface area contributed by atoms with E-state index in [1.54, 1.807) is 37.3 Å². The zero-order valence-electron chi connectivity index (χ0n) is 13.7. The number of carbonyl (C=O) groups is 2. The van der Waals surface area contributed by atoms with E-state index in [-0.39, 0.29) is 11.8 Å². The number of nitrogens with zero attached hydrogens (tertiary/aromatic N) is 1. The van der Waals surface area contributed by atoms with Crippen molar-refractivity contribution in [1.82, 2.24) is 0 Å². The SMILES string of the molecule is COc1ccc(N2CSC3(C(=O)Nc4ccccc43)C2=O)c(OC)c1. The van der Waals surface area contributed by atoms with Crippen molar-refractivity contribution in [2.24, 2.45) is 0 Å². The Bertz CT molecular complexity index is 885. The summed E-state index contributed by atoms with van der Waals surface area (Å²) in [4.78, 5) is 27.5. The first-order valence-electron chi connectivity index (χ1n) is 7.70. The van der Waals surface area contributed by atoms with E-state index in [4.69, 9.17) is 9.47 Å². The molecule has 0 aliphatic carbocycles. The molecule has 2 aliphatic rings. The summed E-state index contributed by atoms with van der Waals surface area (Å²) in [6, 6.07) is 12.6. The van der Waals surface area contributed by atoms with Gasteiger partial charge in [0.1, 0.15) is 11.5 Å². The number of benzene rings is 2. The van der Waals surface area contributed by atoms with E-state index in [0.717, 1.165) is 0 Å². The molecule has 1 saturated heterocycles. The number of nitrogens with one attached hydrogen (secondary N) is 1. The summed E-state index contributed by atoms with van der Waals surface area (Å²) in [5.74, 6) is 0.973. The van der Waals surface area contributed by atoms with Gasteiger partial charge in [0.15, 0.2) is 0 Å². The molecule has 1 atom stereocenters. The van der Waals surface area contributed by atoms with Crippen LogP contribution in [0.5, 0.6) is 11.5 Å². The maximum atomic E-state index is 13.3. The number of thioether (sulfide) groups is 1. The first-order valence-corrected chi connectivity index (χ1v) is 8.69. The van der Waals surface area contributed by atoms with Gasteiger partial charge in [-0.05, 0) is 18.2 Å². The summed E-state index contributed by atoms with van der Waals surface area (Å²) >= 11 is 1.32. The second kappa shape index (κ2) is 5.70. The zero-order chi connectivity index (χ0) is 17.6. The van der Waals surface area contributed by atoms with Gasteiger partial charge in [-0.25, -0.2) is 0 Å². The molecule has 1 N–H and O–H groups in total. The summed E-state index contributed by atoms with van der Waals surface area (Å²) in [6.45, 7) is 0. The van der Waals surface area contributed by atoms with Crippen LogP contribution in [0.15, 0.2) is 42.5 Å². The van der Waals surface area contributed by atoms with Crippen molar-refractivity contribution in [3.8, 4) is 11.5 Å². The summed E-state index contributed by atoms with van der Waals surface area (Å²) in [5, 5.41) is 2.82. The van der Waals surface area contributed by atoms with Crippen molar-refractivity contribution in [3.63, 3.8) is 0 Å². The van der Waals surface area contributed by atoms with Gasteiger partial charge in [-0.1, -0.05) is 18.2 Å². The standard InChI is InChI=1S/C18H16N2O4S/c1-23-11-7-8-14(15(9-11)24-2)20-10-25-18(17(20)22)12-5-3-4-6-13(12)19-16(18)21/h3-9H,10H2,1-2H3,(H,19,21). The van der Waals surface area contributed by atoms with Crippen LogP contribution < -0.4 is 19.7 Å². The van der Waals surface area contributed by atoms with Crippen molar-refractivity contribution in [2.75, 3.05) is 30.3 Å². The molecular weight excluding hydrogens is 340 g/mol. The van der Waals surface area contributed by atoms with E-state index in [9.17, 15) is 9.59 Å². The van der Waals surface area contributed by atoms with Crippen LogP contribution in [-0.4, -0.2) is 31.9 Å². The Kier molecular flexibility index (Phi) is 3.61. The first kappa shape index (κ1) is 15.8. The molecular formula is C18H16N2O4S. The zero-order valence-corrected chi connectivity index (χ0v) is 14.6. The maximum absolute atomic E-state index is 13.3. The molecule has 6 nitrogen and oxygen atoms in total. The Hall–Kier alpha value is -2.67. The van der Waals surface area contributed by atoms with Crippen LogP contribution in [0.2, 0.25) is 0 Å². The third-order valence-corrected chi connectivity index (χ3v) is 5.91. The molecule has 25 heavy (non-hydrogen) atoms. The van der Waals surface area contributed by atoms with Gasteiger partial charge in [-0.2, -0.15) is 0 Å². The van der Waals surface area contributed by atoms with E-state index in [0.29, 0.717) is 34.3 Å². The summed E-state index contributed by atoms with van der Waals surface area (Å²) in [7, 11) is 3.11. The van der Waals surface area contributed by atoms with Gasteiger partial charge < -0.3 is 14.8 Å². The van der Waals surface area contributed by atoms with Crippen LogP contribution in [0, 0.1) is 0 Å². The van der Waals surface area contributed by atoms with Gasteiger partial charge >= 0.3 is 0 Å². The predicted octanol–water partition coefficient (Wildman–Crippen LogP) is 2.59. The summed E-state index contributed by atoms with van der Waals surface area (Å²) < 4.78 is 9.38. The summed E-state index contributed by atoms with van der Waals surface area (Å²) in [6.07, 6.45) is 0. The predicted molar refractivity (Wildman–Crippen MR) is 96.2 cm³/mol. The Labute approximate surface area is 149 Å². The molecule has 2 heterocycles. The number of hydrogen-bond acceptors (Lipinski definition) is 5. The lowest BCUT2D eigenvalue weighted by Gasteiger charge is -2.22. The Balaban J connectivity index is 1.78. The number of ether oxygens (including phenoxy) is 2. The fourth-order valence-electron chi connectivity index (χ4n) is 3.25. The van der Waals surface area contributed by atoms with E-state index in [1.165, 1.54) is 11.8 Å². The molecule has 2 aromatic carbocycles. The van der Waals surface area contributed by atoms with Gasteiger partial charge in [-0.3, -0.25) is 14.5 Å². The fraction of sp³-hybridized carbons (Fsp3) is 0.222. The molecule has 1 unspecified atom stereocenters. The molecule has 128 valence electrons. The summed E-state index contributed by atoms with van der Waals surface area (Å²) in [5.41, 5.74) is 2.02. The minimum Gasteiger partial charge on any atom is -0.497 e. The number of anilines is 2. The topological polar surface area (TPSA) is 67.9 Å². The molecule has 7 heteroatoms. The van der Waals surface area contributed by atoms with Crippen molar-refractivity contribution >= 4 is 35.0 Å². The molecule has 1 fully saturated rings. The van der Waals surface area contributed by atoms with Crippen LogP contribution in [-0.2, 0) is 14.3 Å². The second-order valence-corrected chi connectivity index (χ2v) is 6.88. The van der Waals surface area contributed by atoms with Gasteiger partial charge in [0.25, 0.3) is 11.8 Å².